The van der Waals surface area contributed by atoms with Gasteiger partial charge in [-0.25, -0.2) is 4.98 Å². The van der Waals surface area contributed by atoms with Crippen LogP contribution in [0.1, 0.15) is 24.4 Å². The summed E-state index contributed by atoms with van der Waals surface area (Å²) in [6.07, 6.45) is 1.27. The molecule has 1 aromatic heterocycles. The minimum Gasteiger partial charge on any atom is -0.497 e. The van der Waals surface area contributed by atoms with Crippen molar-refractivity contribution < 1.29 is 9.84 Å². The SMILES string of the molecule is CCn1ncnc1CC(O)c1cc(OC)ccc1Br. The van der Waals surface area contributed by atoms with Gasteiger partial charge in [0.1, 0.15) is 17.9 Å². The molecule has 0 aliphatic heterocycles. The molecule has 102 valence electrons. The van der Waals surface area contributed by atoms with E-state index >= 15 is 0 Å². The Morgan fingerprint density at radius 2 is 2.26 bits per heavy atom. The summed E-state index contributed by atoms with van der Waals surface area (Å²) in [5, 5.41) is 14.4. The van der Waals surface area contributed by atoms with Crippen molar-refractivity contribution in [2.24, 2.45) is 0 Å². The number of rotatable bonds is 5. The number of halogens is 1. The summed E-state index contributed by atoms with van der Waals surface area (Å²) in [6.45, 7) is 2.73. The Bertz CT molecular complexity index is 557. The maximum absolute atomic E-state index is 10.3. The molecule has 1 aromatic carbocycles. The highest BCUT2D eigenvalue weighted by Crippen LogP contribution is 2.29. The van der Waals surface area contributed by atoms with Crippen LogP contribution in [0.25, 0.3) is 0 Å². The van der Waals surface area contributed by atoms with Crippen LogP contribution in [0.4, 0.5) is 0 Å². The highest BCUT2D eigenvalue weighted by molar-refractivity contribution is 9.10. The van der Waals surface area contributed by atoms with Gasteiger partial charge in [0, 0.05) is 17.4 Å². The average molecular weight is 326 g/mol. The van der Waals surface area contributed by atoms with Gasteiger partial charge in [0.05, 0.1) is 13.2 Å². The Labute approximate surface area is 120 Å². The summed E-state index contributed by atoms with van der Waals surface area (Å²) in [6, 6.07) is 5.53. The van der Waals surface area contributed by atoms with Crippen LogP contribution in [0.3, 0.4) is 0 Å². The molecule has 19 heavy (non-hydrogen) atoms. The number of aliphatic hydroxyl groups is 1. The van der Waals surface area contributed by atoms with E-state index in [0.29, 0.717) is 12.2 Å². The number of nitrogens with zero attached hydrogens (tertiary/aromatic N) is 3. The molecule has 1 N–H and O–H groups in total. The largest absolute Gasteiger partial charge is 0.497 e. The van der Waals surface area contributed by atoms with Crippen LogP contribution in [-0.4, -0.2) is 27.0 Å². The molecule has 1 atom stereocenters. The molecular weight excluding hydrogens is 310 g/mol. The van der Waals surface area contributed by atoms with Gasteiger partial charge in [-0.3, -0.25) is 4.68 Å². The highest BCUT2D eigenvalue weighted by atomic mass is 79.9. The second-order valence-electron chi connectivity index (χ2n) is 4.10. The highest BCUT2D eigenvalue weighted by Gasteiger charge is 2.16. The second kappa shape index (κ2) is 6.16. The van der Waals surface area contributed by atoms with Crippen LogP contribution in [0, 0.1) is 0 Å². The van der Waals surface area contributed by atoms with Crippen molar-refractivity contribution in [1.29, 1.82) is 0 Å². The number of methoxy groups -OCH3 is 1. The molecule has 2 aromatic rings. The average Bonchev–Trinajstić information content (AvgIpc) is 2.86. The fourth-order valence-corrected chi connectivity index (χ4v) is 2.41. The Kier molecular flexibility index (Phi) is 4.55. The third-order valence-electron chi connectivity index (χ3n) is 2.93. The van der Waals surface area contributed by atoms with Crippen LogP contribution in [0.5, 0.6) is 5.75 Å². The predicted molar refractivity (Wildman–Crippen MR) is 75.1 cm³/mol. The van der Waals surface area contributed by atoms with Gasteiger partial charge in [-0.15, -0.1) is 0 Å². The van der Waals surface area contributed by atoms with E-state index in [1.807, 2.05) is 25.1 Å². The molecule has 2 rings (SSSR count). The first-order chi connectivity index (χ1) is 9.15. The molecule has 0 bridgehead atoms. The van der Waals surface area contributed by atoms with Crippen LogP contribution in [-0.2, 0) is 13.0 Å². The maximum Gasteiger partial charge on any atom is 0.138 e. The van der Waals surface area contributed by atoms with Gasteiger partial charge in [0.25, 0.3) is 0 Å². The molecule has 5 nitrogen and oxygen atoms in total. The quantitative estimate of drug-likeness (QED) is 0.916. The number of hydrogen-bond donors (Lipinski definition) is 1. The van der Waals surface area contributed by atoms with Crippen molar-refractivity contribution in [2.45, 2.75) is 26.0 Å². The monoisotopic (exact) mass is 325 g/mol. The topological polar surface area (TPSA) is 60.2 Å². The molecule has 0 fully saturated rings. The Balaban J connectivity index is 2.22. The number of benzene rings is 1. The first kappa shape index (κ1) is 14.0. The number of aryl methyl sites for hydroxylation is 1. The molecule has 1 heterocycles. The van der Waals surface area contributed by atoms with Crippen molar-refractivity contribution in [3.8, 4) is 5.75 Å². The zero-order chi connectivity index (χ0) is 13.8. The smallest absolute Gasteiger partial charge is 0.138 e. The van der Waals surface area contributed by atoms with E-state index in [1.165, 1.54) is 6.33 Å². The predicted octanol–water partition coefficient (Wildman–Crippen LogP) is 2.35. The van der Waals surface area contributed by atoms with Crippen molar-refractivity contribution >= 4 is 15.9 Å². The van der Waals surface area contributed by atoms with Crippen LogP contribution in [0.15, 0.2) is 29.0 Å². The third kappa shape index (κ3) is 3.13. The summed E-state index contributed by atoms with van der Waals surface area (Å²) in [4.78, 5) is 4.17. The normalized spacial score (nSPS) is 12.4. The van der Waals surface area contributed by atoms with Crippen LogP contribution < -0.4 is 4.74 Å². The summed E-state index contributed by atoms with van der Waals surface area (Å²) >= 11 is 3.44. The van der Waals surface area contributed by atoms with Crippen molar-refractivity contribution in [3.05, 3.63) is 40.4 Å². The van der Waals surface area contributed by atoms with E-state index in [0.717, 1.165) is 22.4 Å². The summed E-state index contributed by atoms with van der Waals surface area (Å²) in [7, 11) is 1.60. The molecule has 6 heteroatoms. The minimum atomic E-state index is -0.654. The van der Waals surface area contributed by atoms with Crippen LogP contribution in [0.2, 0.25) is 0 Å². The Hall–Kier alpha value is -1.40. The minimum absolute atomic E-state index is 0.416. The second-order valence-corrected chi connectivity index (χ2v) is 4.95. The zero-order valence-corrected chi connectivity index (χ0v) is 12.5. The summed E-state index contributed by atoms with van der Waals surface area (Å²) in [5.74, 6) is 1.49. The van der Waals surface area contributed by atoms with Gasteiger partial charge >= 0.3 is 0 Å². The zero-order valence-electron chi connectivity index (χ0n) is 10.9. The fraction of sp³-hybridized carbons (Fsp3) is 0.385. The Morgan fingerprint density at radius 1 is 1.47 bits per heavy atom. The van der Waals surface area contributed by atoms with Crippen molar-refractivity contribution in [3.63, 3.8) is 0 Å². The van der Waals surface area contributed by atoms with Gasteiger partial charge in [0.15, 0.2) is 0 Å². The van der Waals surface area contributed by atoms with E-state index in [9.17, 15) is 5.11 Å². The van der Waals surface area contributed by atoms with Crippen molar-refractivity contribution in [1.82, 2.24) is 14.8 Å². The Morgan fingerprint density at radius 3 is 2.95 bits per heavy atom. The van der Waals surface area contributed by atoms with Crippen LogP contribution >= 0.6 is 15.9 Å². The van der Waals surface area contributed by atoms with E-state index in [2.05, 4.69) is 26.0 Å². The first-order valence-electron chi connectivity index (χ1n) is 6.04. The third-order valence-corrected chi connectivity index (χ3v) is 3.66. The number of aromatic nitrogens is 3. The van der Waals surface area contributed by atoms with Gasteiger partial charge in [-0.1, -0.05) is 15.9 Å². The van der Waals surface area contributed by atoms with Crippen molar-refractivity contribution in [2.75, 3.05) is 7.11 Å². The van der Waals surface area contributed by atoms with E-state index in [1.54, 1.807) is 11.8 Å². The molecule has 0 radical (unpaired) electrons. The lowest BCUT2D eigenvalue weighted by atomic mass is 10.1. The van der Waals surface area contributed by atoms with Gasteiger partial charge in [-0.05, 0) is 30.7 Å². The van der Waals surface area contributed by atoms with E-state index in [4.69, 9.17) is 4.74 Å². The fourth-order valence-electron chi connectivity index (χ4n) is 1.90. The first-order valence-corrected chi connectivity index (χ1v) is 6.83. The molecule has 0 aliphatic rings. The number of ether oxygens (including phenoxy) is 1. The van der Waals surface area contributed by atoms with Gasteiger partial charge in [-0.2, -0.15) is 5.10 Å². The number of aliphatic hydroxyl groups excluding tert-OH is 1. The van der Waals surface area contributed by atoms with E-state index < -0.39 is 6.10 Å². The molecule has 1 unspecified atom stereocenters. The standard InChI is InChI=1S/C13H16BrN3O2/c1-3-17-13(15-8-16-17)7-12(18)10-6-9(19-2)4-5-11(10)14/h4-6,8,12,18H,3,7H2,1-2H3. The van der Waals surface area contributed by atoms with Gasteiger partial charge < -0.3 is 9.84 Å². The molecule has 0 saturated carbocycles. The lowest BCUT2D eigenvalue weighted by molar-refractivity contribution is 0.173. The molecular formula is C13H16BrN3O2. The summed E-state index contributed by atoms with van der Waals surface area (Å²) < 4.78 is 7.80. The molecule has 0 aliphatic carbocycles. The van der Waals surface area contributed by atoms with Gasteiger partial charge in [0.2, 0.25) is 0 Å². The maximum atomic E-state index is 10.3. The summed E-state index contributed by atoms with van der Waals surface area (Å²) in [5.41, 5.74) is 0.782. The lowest BCUT2D eigenvalue weighted by Crippen LogP contribution is -2.10. The molecule has 0 saturated heterocycles. The number of hydrogen-bond acceptors (Lipinski definition) is 4. The molecule has 0 amide bonds. The lowest BCUT2D eigenvalue weighted by Gasteiger charge is -2.14. The van der Waals surface area contributed by atoms with E-state index in [-0.39, 0.29) is 0 Å². The molecule has 0 spiro atoms.